The third kappa shape index (κ3) is 2.48. The lowest BCUT2D eigenvalue weighted by molar-refractivity contribution is 0.469. The zero-order valence-electron chi connectivity index (χ0n) is 10.3. The Bertz CT molecular complexity index is 753. The molecule has 0 saturated carbocycles. The van der Waals surface area contributed by atoms with Crippen LogP contribution in [0.4, 0.5) is 5.95 Å². The van der Waals surface area contributed by atoms with Gasteiger partial charge in [0.25, 0.3) is 0 Å². The van der Waals surface area contributed by atoms with Crippen LogP contribution in [0.25, 0.3) is 11.0 Å². The first-order valence-electron chi connectivity index (χ1n) is 5.68. The highest BCUT2D eigenvalue weighted by Crippen LogP contribution is 2.31. The molecule has 6 nitrogen and oxygen atoms in total. The molecule has 3 aromatic rings. The highest BCUT2D eigenvalue weighted by atomic mass is 35.5. The van der Waals surface area contributed by atoms with Gasteiger partial charge in [0.15, 0.2) is 5.65 Å². The fourth-order valence-electron chi connectivity index (χ4n) is 1.70. The van der Waals surface area contributed by atoms with Crippen LogP contribution >= 0.6 is 23.2 Å². The maximum absolute atomic E-state index is 5.94. The number of ether oxygens (including phenoxy) is 1. The lowest BCUT2D eigenvalue weighted by Crippen LogP contribution is -1.99. The van der Waals surface area contributed by atoms with Gasteiger partial charge in [0, 0.05) is 17.1 Å². The summed E-state index contributed by atoms with van der Waals surface area (Å²) in [4.78, 5) is 8.47. The van der Waals surface area contributed by atoms with Crippen LogP contribution in [-0.4, -0.2) is 27.2 Å². The van der Waals surface area contributed by atoms with Gasteiger partial charge in [0.05, 0.1) is 6.20 Å². The number of hydrogen-bond donors (Lipinski definition) is 2. The zero-order chi connectivity index (χ0) is 14.1. The van der Waals surface area contributed by atoms with Crippen LogP contribution in [0.15, 0.2) is 24.4 Å². The Morgan fingerprint density at radius 3 is 2.60 bits per heavy atom. The van der Waals surface area contributed by atoms with Gasteiger partial charge in [-0.3, -0.25) is 5.10 Å². The van der Waals surface area contributed by atoms with Crippen molar-refractivity contribution in [1.29, 1.82) is 0 Å². The molecule has 8 heteroatoms. The summed E-state index contributed by atoms with van der Waals surface area (Å²) in [5, 5.41) is 11.2. The number of hydrogen-bond acceptors (Lipinski definition) is 5. The summed E-state index contributed by atoms with van der Waals surface area (Å²) in [5.74, 6) is 1.28. The minimum Gasteiger partial charge on any atom is -0.438 e. The molecule has 0 aliphatic heterocycles. The zero-order valence-corrected chi connectivity index (χ0v) is 11.8. The first kappa shape index (κ1) is 13.0. The third-order valence-electron chi connectivity index (χ3n) is 2.55. The lowest BCUT2D eigenvalue weighted by Gasteiger charge is -2.08. The molecule has 2 heterocycles. The Balaban J connectivity index is 2.07. The molecule has 0 unspecified atom stereocenters. The fraction of sp³-hybridized carbons (Fsp3) is 0.0833. The van der Waals surface area contributed by atoms with E-state index in [-0.39, 0.29) is 0 Å². The van der Waals surface area contributed by atoms with E-state index in [1.807, 2.05) is 0 Å². The smallest absolute Gasteiger partial charge is 0.235 e. The van der Waals surface area contributed by atoms with Crippen molar-refractivity contribution in [2.45, 2.75) is 0 Å². The largest absolute Gasteiger partial charge is 0.438 e. The molecule has 1 aromatic carbocycles. The average molecular weight is 310 g/mol. The number of halogens is 2. The summed E-state index contributed by atoms with van der Waals surface area (Å²) in [7, 11) is 1.72. The number of H-pyrrole nitrogens is 1. The summed E-state index contributed by atoms with van der Waals surface area (Å²) in [6.45, 7) is 0. The molecule has 2 N–H and O–H groups in total. The normalized spacial score (nSPS) is 10.8. The second kappa shape index (κ2) is 5.15. The molecule has 0 saturated heterocycles. The number of fused-ring (bicyclic) bond motifs is 1. The van der Waals surface area contributed by atoms with Crippen molar-refractivity contribution in [2.75, 3.05) is 12.4 Å². The van der Waals surface area contributed by atoms with E-state index >= 15 is 0 Å². The Kier molecular flexibility index (Phi) is 3.33. The second-order valence-corrected chi connectivity index (χ2v) is 4.81. The van der Waals surface area contributed by atoms with Crippen molar-refractivity contribution in [2.24, 2.45) is 0 Å². The van der Waals surface area contributed by atoms with Crippen LogP contribution in [0.2, 0.25) is 10.0 Å². The van der Waals surface area contributed by atoms with Gasteiger partial charge >= 0.3 is 0 Å². The van der Waals surface area contributed by atoms with E-state index in [1.54, 1.807) is 31.4 Å². The van der Waals surface area contributed by atoms with E-state index in [2.05, 4.69) is 25.5 Å². The molecule has 2 aromatic heterocycles. The molecular formula is C12H9Cl2N5O. The Hall–Kier alpha value is -2.05. The van der Waals surface area contributed by atoms with Crippen LogP contribution in [0.3, 0.4) is 0 Å². The summed E-state index contributed by atoms with van der Waals surface area (Å²) < 4.78 is 5.73. The van der Waals surface area contributed by atoms with Crippen LogP contribution in [0.1, 0.15) is 0 Å². The Morgan fingerprint density at radius 2 is 1.90 bits per heavy atom. The topological polar surface area (TPSA) is 75.7 Å². The van der Waals surface area contributed by atoms with Crippen molar-refractivity contribution >= 4 is 40.2 Å². The lowest BCUT2D eigenvalue weighted by atomic mass is 10.3. The summed E-state index contributed by atoms with van der Waals surface area (Å²) in [6, 6.07) is 4.93. The molecule has 0 spiro atoms. The van der Waals surface area contributed by atoms with Gasteiger partial charge in [0.1, 0.15) is 11.1 Å². The van der Waals surface area contributed by atoms with Crippen LogP contribution in [-0.2, 0) is 0 Å². The summed E-state index contributed by atoms with van der Waals surface area (Å²) in [5.41, 5.74) is 0.576. The van der Waals surface area contributed by atoms with Crippen molar-refractivity contribution in [3.63, 3.8) is 0 Å². The van der Waals surface area contributed by atoms with Gasteiger partial charge in [-0.15, -0.1) is 0 Å². The molecule has 0 bridgehead atoms. The molecule has 20 heavy (non-hydrogen) atoms. The first-order valence-corrected chi connectivity index (χ1v) is 6.44. The van der Waals surface area contributed by atoms with E-state index in [0.717, 1.165) is 0 Å². The standard InChI is InChI=1S/C12H9Cl2N5O/c1-15-12-17-10-9(5-16-19-10)11(18-12)20-8-3-6(13)2-7(14)4-8/h2-5H,1H3,(H2,15,16,17,18,19). The highest BCUT2D eigenvalue weighted by molar-refractivity contribution is 6.34. The monoisotopic (exact) mass is 309 g/mol. The Morgan fingerprint density at radius 1 is 1.15 bits per heavy atom. The van der Waals surface area contributed by atoms with Gasteiger partial charge in [-0.25, -0.2) is 0 Å². The SMILES string of the molecule is CNc1nc(Oc2cc(Cl)cc(Cl)c2)c2cn[nH]c2n1. The molecule has 0 aliphatic rings. The molecule has 102 valence electrons. The number of nitrogens with one attached hydrogen (secondary N) is 2. The van der Waals surface area contributed by atoms with Gasteiger partial charge in [-0.2, -0.15) is 15.1 Å². The molecule has 0 atom stereocenters. The predicted octanol–water partition coefficient (Wildman–Crippen LogP) is 3.49. The van der Waals surface area contributed by atoms with Crippen molar-refractivity contribution in [1.82, 2.24) is 20.2 Å². The number of aromatic amines is 1. The minimum atomic E-state index is 0.367. The number of aromatic nitrogens is 4. The van der Waals surface area contributed by atoms with E-state index < -0.39 is 0 Å². The fourth-order valence-corrected chi connectivity index (χ4v) is 2.20. The van der Waals surface area contributed by atoms with Crippen LogP contribution < -0.4 is 10.1 Å². The van der Waals surface area contributed by atoms with Gasteiger partial charge in [-0.1, -0.05) is 23.2 Å². The highest BCUT2D eigenvalue weighted by Gasteiger charge is 2.11. The van der Waals surface area contributed by atoms with Crippen LogP contribution in [0, 0.1) is 0 Å². The minimum absolute atomic E-state index is 0.367. The Labute approximate surface area is 124 Å². The van der Waals surface area contributed by atoms with E-state index in [4.69, 9.17) is 27.9 Å². The number of benzene rings is 1. The second-order valence-electron chi connectivity index (χ2n) is 3.94. The first-order chi connectivity index (χ1) is 9.65. The van der Waals surface area contributed by atoms with E-state index in [0.29, 0.717) is 38.7 Å². The molecule has 0 radical (unpaired) electrons. The van der Waals surface area contributed by atoms with Gasteiger partial charge in [-0.05, 0) is 18.2 Å². The van der Waals surface area contributed by atoms with E-state index in [1.165, 1.54) is 0 Å². The molecule has 0 amide bonds. The predicted molar refractivity (Wildman–Crippen MR) is 77.8 cm³/mol. The van der Waals surface area contributed by atoms with Crippen molar-refractivity contribution in [3.05, 3.63) is 34.4 Å². The number of nitrogens with zero attached hydrogens (tertiary/aromatic N) is 3. The van der Waals surface area contributed by atoms with Gasteiger partial charge in [0.2, 0.25) is 11.8 Å². The number of anilines is 1. The molecule has 0 aliphatic carbocycles. The summed E-state index contributed by atoms with van der Waals surface area (Å²) >= 11 is 11.9. The number of rotatable bonds is 3. The van der Waals surface area contributed by atoms with E-state index in [9.17, 15) is 0 Å². The third-order valence-corrected chi connectivity index (χ3v) is 2.99. The molecule has 3 rings (SSSR count). The van der Waals surface area contributed by atoms with Crippen LogP contribution in [0.5, 0.6) is 11.6 Å². The average Bonchev–Trinajstić information content (AvgIpc) is 2.85. The van der Waals surface area contributed by atoms with Crippen molar-refractivity contribution < 1.29 is 4.74 Å². The summed E-state index contributed by atoms with van der Waals surface area (Å²) in [6.07, 6.45) is 1.59. The van der Waals surface area contributed by atoms with Gasteiger partial charge < -0.3 is 10.1 Å². The molecular weight excluding hydrogens is 301 g/mol. The van der Waals surface area contributed by atoms with Crippen molar-refractivity contribution in [3.8, 4) is 11.6 Å². The quantitative estimate of drug-likeness (QED) is 0.774. The maximum atomic E-state index is 5.94. The molecule has 0 fully saturated rings. The maximum Gasteiger partial charge on any atom is 0.235 e.